The first-order valence-electron chi connectivity index (χ1n) is 11.0. The van der Waals surface area contributed by atoms with Crippen molar-refractivity contribution in [3.05, 3.63) is 35.1 Å². The summed E-state index contributed by atoms with van der Waals surface area (Å²) in [5.74, 6) is 1.72. The van der Waals surface area contributed by atoms with Crippen LogP contribution in [0.3, 0.4) is 0 Å². The van der Waals surface area contributed by atoms with Crippen LogP contribution in [0.1, 0.15) is 51.3 Å². The topological polar surface area (TPSA) is 95.7 Å². The number of benzene rings is 1. The van der Waals surface area contributed by atoms with Crippen LogP contribution in [0.25, 0.3) is 0 Å². The lowest BCUT2D eigenvalue weighted by Gasteiger charge is -2.32. The fourth-order valence-corrected chi connectivity index (χ4v) is 3.91. The minimum absolute atomic E-state index is 0.0637. The van der Waals surface area contributed by atoms with Gasteiger partial charge in [0.2, 0.25) is 11.8 Å². The van der Waals surface area contributed by atoms with Crippen LogP contribution in [-0.2, 0) is 9.59 Å². The number of aliphatic hydroxyl groups excluding tert-OH is 1. The summed E-state index contributed by atoms with van der Waals surface area (Å²) in [7, 11) is -1.62. The van der Waals surface area contributed by atoms with Gasteiger partial charge in [-0.25, -0.2) is 4.39 Å². The van der Waals surface area contributed by atoms with Gasteiger partial charge in [-0.2, -0.15) is 0 Å². The van der Waals surface area contributed by atoms with Crippen molar-refractivity contribution >= 4 is 19.9 Å². The molecule has 1 unspecified atom stereocenters. The summed E-state index contributed by atoms with van der Waals surface area (Å²) in [5.41, 5.74) is 9.70. The Morgan fingerprint density at radius 1 is 1.31 bits per heavy atom. The number of nitrogens with one attached hydrogen (secondary N) is 1. The van der Waals surface area contributed by atoms with Crippen molar-refractivity contribution in [3.63, 3.8) is 0 Å². The molecule has 1 aromatic rings. The molecule has 0 bridgehead atoms. The van der Waals surface area contributed by atoms with Gasteiger partial charge in [-0.3, -0.25) is 9.59 Å². The highest BCUT2D eigenvalue weighted by molar-refractivity contribution is 6.83. The maximum absolute atomic E-state index is 14.5. The number of carbonyl (C=O) groups is 2. The summed E-state index contributed by atoms with van der Waals surface area (Å²) in [4.78, 5) is 27.2. The number of β-amino-alcohol motifs (C(OH)–C–C–N with tert-alkyl or cyclic N) is 1. The van der Waals surface area contributed by atoms with E-state index < -0.39 is 49.4 Å². The minimum Gasteiger partial charge on any atom is -0.391 e. The number of carbonyl (C=O) groups excluding carboxylic acids is 2. The first kappa shape index (κ1) is 26.0. The monoisotopic (exact) mass is 461 g/mol. The Morgan fingerprint density at radius 2 is 1.94 bits per heavy atom. The second-order valence-electron chi connectivity index (χ2n) is 10.7. The maximum Gasteiger partial charge on any atom is 0.243 e. The zero-order valence-corrected chi connectivity index (χ0v) is 21.1. The molecule has 0 radical (unpaired) electrons. The van der Waals surface area contributed by atoms with E-state index in [1.54, 1.807) is 19.1 Å². The standard InChI is InChI=1S/C24H36FN3O3Si/c1-15(17-9-8-16(19(25)12-17)10-11-32(5,6)7)27-22(30)20-13-18(29)14-28(20)23(31)21(26)24(2,3)4/h8-9,12,15,18,20-21,29H,13-14,26H2,1-7H3,(H,27,30)/t15-,18+,20-,21?/m0/s1. The molecule has 176 valence electrons. The Labute approximate surface area is 191 Å². The van der Waals surface area contributed by atoms with Crippen LogP contribution < -0.4 is 11.1 Å². The van der Waals surface area contributed by atoms with Crippen LogP contribution in [0.2, 0.25) is 19.6 Å². The SMILES string of the molecule is C[C@H](NC(=O)[C@@H]1C[C@@H](O)CN1C(=O)C(N)C(C)(C)C)c1ccc(C#C[Si](C)(C)C)c(F)c1. The van der Waals surface area contributed by atoms with Gasteiger partial charge in [-0.15, -0.1) is 5.54 Å². The van der Waals surface area contributed by atoms with Gasteiger partial charge >= 0.3 is 0 Å². The highest BCUT2D eigenvalue weighted by atomic mass is 28.3. The Balaban J connectivity index is 2.14. The molecule has 4 N–H and O–H groups in total. The first-order chi connectivity index (χ1) is 14.6. The molecule has 1 aliphatic rings. The molecule has 0 aliphatic carbocycles. The van der Waals surface area contributed by atoms with E-state index in [1.165, 1.54) is 11.0 Å². The third kappa shape index (κ3) is 6.64. The molecule has 1 aliphatic heterocycles. The number of amides is 2. The summed E-state index contributed by atoms with van der Waals surface area (Å²) in [6, 6.07) is 2.64. The summed E-state index contributed by atoms with van der Waals surface area (Å²) in [5, 5.41) is 12.9. The van der Waals surface area contributed by atoms with Crippen molar-refractivity contribution in [2.24, 2.45) is 11.1 Å². The maximum atomic E-state index is 14.5. The zero-order valence-electron chi connectivity index (χ0n) is 20.1. The van der Waals surface area contributed by atoms with E-state index in [0.29, 0.717) is 11.1 Å². The van der Waals surface area contributed by atoms with Crippen molar-refractivity contribution in [2.45, 2.75) is 78.0 Å². The Kier molecular flexibility index (Phi) is 7.92. The Bertz CT molecular complexity index is 927. The normalized spacial score (nSPS) is 20.9. The van der Waals surface area contributed by atoms with Crippen molar-refractivity contribution < 1.29 is 19.1 Å². The predicted octanol–water partition coefficient (Wildman–Crippen LogP) is 2.57. The van der Waals surface area contributed by atoms with E-state index in [1.807, 2.05) is 20.8 Å². The van der Waals surface area contributed by atoms with Gasteiger partial charge in [0.15, 0.2) is 0 Å². The molecule has 4 atom stereocenters. The minimum atomic E-state index is -1.62. The van der Waals surface area contributed by atoms with Gasteiger partial charge in [0, 0.05) is 13.0 Å². The molecule has 0 spiro atoms. The molecule has 0 saturated carbocycles. The number of hydrogen-bond acceptors (Lipinski definition) is 4. The van der Waals surface area contributed by atoms with Crippen LogP contribution in [0.4, 0.5) is 4.39 Å². The Hall–Kier alpha value is -2.21. The Morgan fingerprint density at radius 3 is 2.47 bits per heavy atom. The molecule has 1 aromatic carbocycles. The highest BCUT2D eigenvalue weighted by Gasteiger charge is 2.42. The fourth-order valence-electron chi connectivity index (χ4n) is 3.40. The highest BCUT2D eigenvalue weighted by Crippen LogP contribution is 2.25. The molecule has 1 fully saturated rings. The van der Waals surface area contributed by atoms with E-state index in [2.05, 4.69) is 36.4 Å². The summed E-state index contributed by atoms with van der Waals surface area (Å²) < 4.78 is 14.5. The molecule has 1 saturated heterocycles. The number of aliphatic hydroxyl groups is 1. The second kappa shape index (κ2) is 9.73. The summed E-state index contributed by atoms with van der Waals surface area (Å²) >= 11 is 0. The molecule has 32 heavy (non-hydrogen) atoms. The molecule has 1 heterocycles. The molecule has 8 heteroatoms. The van der Waals surface area contributed by atoms with E-state index in [4.69, 9.17) is 5.73 Å². The van der Waals surface area contributed by atoms with Crippen LogP contribution in [0, 0.1) is 22.7 Å². The number of halogens is 1. The fraction of sp³-hybridized carbons (Fsp3) is 0.583. The van der Waals surface area contributed by atoms with Crippen LogP contribution in [-0.4, -0.2) is 54.6 Å². The van der Waals surface area contributed by atoms with Crippen molar-refractivity contribution in [1.82, 2.24) is 10.2 Å². The third-order valence-electron chi connectivity index (χ3n) is 5.49. The zero-order chi connectivity index (χ0) is 24.4. The number of rotatable bonds is 4. The number of likely N-dealkylation sites (tertiary alicyclic amines) is 1. The molecule has 2 rings (SSSR count). The van der Waals surface area contributed by atoms with Gasteiger partial charge in [-0.05, 0) is 30.0 Å². The van der Waals surface area contributed by atoms with Gasteiger partial charge < -0.3 is 21.1 Å². The molecule has 0 aromatic heterocycles. The third-order valence-corrected chi connectivity index (χ3v) is 6.36. The van der Waals surface area contributed by atoms with E-state index in [0.717, 1.165) is 0 Å². The van der Waals surface area contributed by atoms with E-state index in [9.17, 15) is 19.1 Å². The average Bonchev–Trinajstić information content (AvgIpc) is 3.06. The summed E-state index contributed by atoms with van der Waals surface area (Å²) in [6.45, 7) is 13.6. The molecule has 6 nitrogen and oxygen atoms in total. The lowest BCUT2D eigenvalue weighted by molar-refractivity contribution is -0.141. The van der Waals surface area contributed by atoms with Crippen LogP contribution in [0.5, 0.6) is 0 Å². The van der Waals surface area contributed by atoms with Crippen LogP contribution in [0.15, 0.2) is 18.2 Å². The lowest BCUT2D eigenvalue weighted by atomic mass is 9.86. The first-order valence-corrected chi connectivity index (χ1v) is 14.5. The molecular weight excluding hydrogens is 425 g/mol. The molecule has 2 amide bonds. The average molecular weight is 462 g/mol. The number of nitrogens with zero attached hydrogens (tertiary/aromatic N) is 1. The van der Waals surface area contributed by atoms with Crippen molar-refractivity contribution in [2.75, 3.05) is 6.54 Å². The van der Waals surface area contributed by atoms with Gasteiger partial charge in [0.05, 0.1) is 23.8 Å². The van der Waals surface area contributed by atoms with Gasteiger partial charge in [0.25, 0.3) is 0 Å². The van der Waals surface area contributed by atoms with E-state index >= 15 is 0 Å². The lowest BCUT2D eigenvalue weighted by Crippen LogP contribution is -2.55. The van der Waals surface area contributed by atoms with Crippen molar-refractivity contribution in [1.29, 1.82) is 0 Å². The summed E-state index contributed by atoms with van der Waals surface area (Å²) in [6.07, 6.45) is -0.653. The second-order valence-corrected chi connectivity index (χ2v) is 15.5. The van der Waals surface area contributed by atoms with Gasteiger partial charge in [0.1, 0.15) is 19.9 Å². The quantitative estimate of drug-likeness (QED) is 0.474. The van der Waals surface area contributed by atoms with Gasteiger partial charge in [-0.1, -0.05) is 52.4 Å². The smallest absolute Gasteiger partial charge is 0.243 e. The number of hydrogen-bond donors (Lipinski definition) is 3. The largest absolute Gasteiger partial charge is 0.391 e. The van der Waals surface area contributed by atoms with Crippen molar-refractivity contribution in [3.8, 4) is 11.5 Å². The molecular formula is C24H36FN3O3Si. The van der Waals surface area contributed by atoms with Crippen LogP contribution >= 0.6 is 0 Å². The predicted molar refractivity (Wildman–Crippen MR) is 127 cm³/mol. The number of nitrogens with two attached hydrogens (primary N) is 1. The van der Waals surface area contributed by atoms with E-state index in [-0.39, 0.29) is 18.9 Å².